The third-order valence-corrected chi connectivity index (χ3v) is 1.90. The molecule has 0 unspecified atom stereocenters. The second kappa shape index (κ2) is 7.19. The Labute approximate surface area is 88.7 Å². The molecule has 0 bridgehead atoms. The Morgan fingerprint density at radius 1 is 1.40 bits per heavy atom. The molecule has 0 rings (SSSR count). The molecule has 0 aliphatic carbocycles. The van der Waals surface area contributed by atoms with Gasteiger partial charge in [0, 0.05) is 6.42 Å². The smallest absolute Gasteiger partial charge is 0.328 e. The topological polar surface area (TPSA) is 98.7 Å². The van der Waals surface area contributed by atoms with Crippen LogP contribution in [0.15, 0.2) is 0 Å². The highest BCUT2D eigenvalue weighted by atomic mass is 16.4. The zero-order chi connectivity index (χ0) is 11.8. The van der Waals surface area contributed by atoms with Crippen molar-refractivity contribution in [1.29, 1.82) is 0 Å². The van der Waals surface area contributed by atoms with Gasteiger partial charge in [0.1, 0.15) is 0 Å². The number of carbonyl (C=O) groups excluding carboxylic acids is 1. The van der Waals surface area contributed by atoms with Gasteiger partial charge in [-0.25, -0.2) is 4.79 Å². The summed E-state index contributed by atoms with van der Waals surface area (Å²) in [6.45, 7) is 2.02. The highest BCUT2D eigenvalue weighted by molar-refractivity contribution is 5.83. The fraction of sp³-hybridized carbons (Fsp3) is 0.778. The third kappa shape index (κ3) is 6.03. The van der Waals surface area contributed by atoms with Crippen LogP contribution in [-0.4, -0.2) is 47.8 Å². The first kappa shape index (κ1) is 13.9. The summed E-state index contributed by atoms with van der Waals surface area (Å²) in [4.78, 5) is 21.8. The van der Waals surface area contributed by atoms with E-state index in [1.807, 2.05) is 0 Å². The van der Waals surface area contributed by atoms with Crippen LogP contribution in [-0.2, 0) is 9.59 Å². The van der Waals surface area contributed by atoms with E-state index in [-0.39, 0.29) is 12.3 Å². The first-order valence-electron chi connectivity index (χ1n) is 4.84. The lowest BCUT2D eigenvalue weighted by Crippen LogP contribution is -2.47. The normalized spacial score (nSPS) is 14.3. The minimum Gasteiger partial charge on any atom is -0.480 e. The van der Waals surface area contributed by atoms with Crippen LogP contribution in [0.25, 0.3) is 0 Å². The van der Waals surface area contributed by atoms with Crippen LogP contribution in [0.5, 0.6) is 0 Å². The third-order valence-electron chi connectivity index (χ3n) is 1.90. The van der Waals surface area contributed by atoms with E-state index in [1.165, 1.54) is 6.92 Å². The van der Waals surface area contributed by atoms with Gasteiger partial charge < -0.3 is 20.8 Å². The van der Waals surface area contributed by atoms with Gasteiger partial charge in [-0.1, -0.05) is 0 Å². The minimum absolute atomic E-state index is 0.247. The number of aliphatic carboxylic acids is 1. The maximum atomic E-state index is 11.2. The number of hydrogen-bond donors (Lipinski definition) is 4. The first-order valence-corrected chi connectivity index (χ1v) is 4.84. The number of rotatable bonds is 7. The molecule has 6 heteroatoms. The minimum atomic E-state index is -1.23. The monoisotopic (exact) mass is 218 g/mol. The standard InChI is InChI=1S/C9H18N2O4/c1-6(12)8(9(14)15)11-7(13)4-3-5-10-2/h6,8,10,12H,3-5H2,1-2H3,(H,11,13)(H,14,15)/t6-,8+/m1/s1. The van der Waals surface area contributed by atoms with Crippen molar-refractivity contribution in [2.45, 2.75) is 31.9 Å². The highest BCUT2D eigenvalue weighted by Gasteiger charge is 2.24. The Kier molecular flexibility index (Phi) is 6.64. The van der Waals surface area contributed by atoms with E-state index in [0.717, 1.165) is 0 Å². The Balaban J connectivity index is 3.95. The molecule has 0 fully saturated rings. The summed E-state index contributed by atoms with van der Waals surface area (Å²) in [5, 5.41) is 22.9. The van der Waals surface area contributed by atoms with E-state index in [1.54, 1.807) is 7.05 Å². The number of carboxylic acids is 1. The van der Waals surface area contributed by atoms with Crippen molar-refractivity contribution >= 4 is 11.9 Å². The Morgan fingerprint density at radius 2 is 2.00 bits per heavy atom. The molecular formula is C9H18N2O4. The van der Waals surface area contributed by atoms with Crippen LogP contribution in [0.3, 0.4) is 0 Å². The number of amides is 1. The van der Waals surface area contributed by atoms with Crippen LogP contribution in [0.1, 0.15) is 19.8 Å². The van der Waals surface area contributed by atoms with E-state index >= 15 is 0 Å². The molecule has 0 saturated carbocycles. The maximum absolute atomic E-state index is 11.2. The van der Waals surface area contributed by atoms with Crippen molar-refractivity contribution in [3.05, 3.63) is 0 Å². The largest absolute Gasteiger partial charge is 0.480 e. The van der Waals surface area contributed by atoms with E-state index in [2.05, 4.69) is 10.6 Å². The molecule has 0 aromatic rings. The summed E-state index contributed by atoms with van der Waals surface area (Å²) in [5.41, 5.74) is 0. The molecule has 0 saturated heterocycles. The van der Waals surface area contributed by atoms with Crippen molar-refractivity contribution in [2.75, 3.05) is 13.6 Å². The lowest BCUT2D eigenvalue weighted by atomic mass is 10.1. The van der Waals surface area contributed by atoms with Crippen LogP contribution in [0.2, 0.25) is 0 Å². The average Bonchev–Trinajstić information content (AvgIpc) is 2.13. The van der Waals surface area contributed by atoms with E-state index in [4.69, 9.17) is 10.2 Å². The summed E-state index contributed by atoms with van der Waals surface area (Å²) in [6.07, 6.45) is -0.220. The van der Waals surface area contributed by atoms with Gasteiger partial charge in [0.25, 0.3) is 0 Å². The molecule has 1 amide bonds. The zero-order valence-electron chi connectivity index (χ0n) is 8.99. The number of aliphatic hydroxyl groups excluding tert-OH is 1. The molecule has 15 heavy (non-hydrogen) atoms. The van der Waals surface area contributed by atoms with Crippen molar-refractivity contribution in [3.63, 3.8) is 0 Å². The molecule has 0 aromatic carbocycles. The summed E-state index contributed by atoms with van der Waals surface area (Å²) in [5.74, 6) is -1.59. The van der Waals surface area contributed by atoms with Gasteiger partial charge in [-0.2, -0.15) is 0 Å². The van der Waals surface area contributed by atoms with Crippen LogP contribution in [0, 0.1) is 0 Å². The SMILES string of the molecule is CNCCCC(=O)N[C@H](C(=O)O)[C@@H](C)O. The Bertz CT molecular complexity index is 218. The van der Waals surface area contributed by atoms with Gasteiger partial charge in [0.15, 0.2) is 6.04 Å². The summed E-state index contributed by atoms with van der Waals surface area (Å²) in [6, 6.07) is -1.23. The second-order valence-corrected chi connectivity index (χ2v) is 3.33. The number of carboxylic acid groups (broad SMARTS) is 1. The van der Waals surface area contributed by atoms with Crippen molar-refractivity contribution in [2.24, 2.45) is 0 Å². The van der Waals surface area contributed by atoms with Gasteiger partial charge in [0.2, 0.25) is 5.91 Å². The van der Waals surface area contributed by atoms with Gasteiger partial charge in [-0.05, 0) is 26.9 Å². The van der Waals surface area contributed by atoms with Gasteiger partial charge in [-0.15, -0.1) is 0 Å². The molecular weight excluding hydrogens is 200 g/mol. The van der Waals surface area contributed by atoms with Crippen molar-refractivity contribution in [1.82, 2.24) is 10.6 Å². The highest BCUT2D eigenvalue weighted by Crippen LogP contribution is 1.95. The summed E-state index contributed by atoms with van der Waals surface area (Å²) >= 11 is 0. The van der Waals surface area contributed by atoms with Crippen LogP contribution in [0.4, 0.5) is 0 Å². The number of aliphatic hydroxyl groups is 1. The molecule has 0 spiro atoms. The van der Waals surface area contributed by atoms with Crippen molar-refractivity contribution < 1.29 is 19.8 Å². The van der Waals surface area contributed by atoms with Gasteiger partial charge in [-0.3, -0.25) is 4.79 Å². The van der Waals surface area contributed by atoms with E-state index < -0.39 is 18.1 Å². The number of hydrogen-bond acceptors (Lipinski definition) is 4. The lowest BCUT2D eigenvalue weighted by molar-refractivity contribution is -0.144. The number of carbonyl (C=O) groups is 2. The van der Waals surface area contributed by atoms with Crippen molar-refractivity contribution in [3.8, 4) is 0 Å². The molecule has 0 aliphatic rings. The van der Waals surface area contributed by atoms with E-state index in [0.29, 0.717) is 13.0 Å². The van der Waals surface area contributed by atoms with Gasteiger partial charge in [0.05, 0.1) is 6.10 Å². The summed E-state index contributed by atoms with van der Waals surface area (Å²) in [7, 11) is 1.77. The molecule has 0 aliphatic heterocycles. The van der Waals surface area contributed by atoms with E-state index in [9.17, 15) is 9.59 Å². The molecule has 88 valence electrons. The van der Waals surface area contributed by atoms with Gasteiger partial charge >= 0.3 is 5.97 Å². The van der Waals surface area contributed by atoms with Crippen LogP contribution < -0.4 is 10.6 Å². The maximum Gasteiger partial charge on any atom is 0.328 e. The fourth-order valence-electron chi connectivity index (χ4n) is 1.06. The first-order chi connectivity index (χ1) is 6.99. The predicted molar refractivity (Wildman–Crippen MR) is 54.4 cm³/mol. The average molecular weight is 218 g/mol. The molecule has 0 radical (unpaired) electrons. The Morgan fingerprint density at radius 3 is 2.40 bits per heavy atom. The summed E-state index contributed by atoms with van der Waals surface area (Å²) < 4.78 is 0. The Hall–Kier alpha value is -1.14. The molecule has 2 atom stereocenters. The fourth-order valence-corrected chi connectivity index (χ4v) is 1.06. The van der Waals surface area contributed by atoms with Crippen LogP contribution >= 0.6 is 0 Å². The molecule has 0 aromatic heterocycles. The number of nitrogens with one attached hydrogen (secondary N) is 2. The molecule has 6 nitrogen and oxygen atoms in total. The second-order valence-electron chi connectivity index (χ2n) is 3.33. The predicted octanol–water partition coefficient (Wildman–Crippen LogP) is -1.06. The quantitative estimate of drug-likeness (QED) is 0.408. The molecule has 0 heterocycles. The molecule has 4 N–H and O–H groups in total. The zero-order valence-corrected chi connectivity index (χ0v) is 8.99. The lowest BCUT2D eigenvalue weighted by Gasteiger charge is -2.16.